The molecule has 1 aliphatic heterocycles. The number of ether oxygens (including phenoxy) is 2. The van der Waals surface area contributed by atoms with E-state index in [1.807, 2.05) is 16.9 Å². The summed E-state index contributed by atoms with van der Waals surface area (Å²) in [6, 6.07) is 13.5. The van der Waals surface area contributed by atoms with Gasteiger partial charge in [0, 0.05) is 57.2 Å². The van der Waals surface area contributed by atoms with Gasteiger partial charge >= 0.3 is 0 Å². The van der Waals surface area contributed by atoms with E-state index in [4.69, 9.17) is 14.6 Å². The molecular formula is C26H32N6O2Si. The van der Waals surface area contributed by atoms with Gasteiger partial charge in [0.05, 0.1) is 30.1 Å². The van der Waals surface area contributed by atoms with Gasteiger partial charge in [-0.2, -0.15) is 5.10 Å². The summed E-state index contributed by atoms with van der Waals surface area (Å²) in [6.45, 7) is 11.2. The molecule has 5 rings (SSSR count). The standard InChI is InChI=1S/C26H32N6O2Si/c1-35(2,3)14-13-34-19-32-26(24-16-25(29-18-28-24)31-9-11-33-12-10-31)22-15-20(6-7-23(22)30-32)21-5-4-8-27-17-21/h4-8,15-18H,9-14,19H2,1-3H3. The highest BCUT2D eigenvalue weighted by molar-refractivity contribution is 6.76. The van der Waals surface area contributed by atoms with Gasteiger partial charge in [0.25, 0.3) is 0 Å². The van der Waals surface area contributed by atoms with Gasteiger partial charge in [-0.25, -0.2) is 14.6 Å². The largest absolute Gasteiger partial charge is 0.378 e. The monoisotopic (exact) mass is 488 g/mol. The van der Waals surface area contributed by atoms with Crippen molar-refractivity contribution in [2.45, 2.75) is 32.4 Å². The molecular weight excluding hydrogens is 456 g/mol. The third-order valence-electron chi connectivity index (χ3n) is 6.17. The Balaban J connectivity index is 1.54. The molecule has 0 atom stereocenters. The fraction of sp³-hybridized carbons (Fsp3) is 0.385. The number of nitrogens with zero attached hydrogens (tertiary/aromatic N) is 6. The van der Waals surface area contributed by atoms with Crippen molar-refractivity contribution >= 4 is 24.8 Å². The van der Waals surface area contributed by atoms with Crippen LogP contribution >= 0.6 is 0 Å². The van der Waals surface area contributed by atoms with Crippen LogP contribution in [0, 0.1) is 0 Å². The average Bonchev–Trinajstić information content (AvgIpc) is 3.25. The van der Waals surface area contributed by atoms with E-state index in [0.717, 1.165) is 65.0 Å². The normalized spacial score (nSPS) is 14.5. The zero-order chi connectivity index (χ0) is 24.3. The lowest BCUT2D eigenvalue weighted by molar-refractivity contribution is 0.0802. The second kappa shape index (κ2) is 10.2. The van der Waals surface area contributed by atoms with Crippen LogP contribution < -0.4 is 4.90 Å². The van der Waals surface area contributed by atoms with E-state index >= 15 is 0 Å². The number of anilines is 1. The number of fused-ring (bicyclic) bond motifs is 1. The van der Waals surface area contributed by atoms with E-state index in [0.29, 0.717) is 19.9 Å². The summed E-state index contributed by atoms with van der Waals surface area (Å²) < 4.78 is 13.6. The first-order valence-corrected chi connectivity index (χ1v) is 15.8. The third kappa shape index (κ3) is 5.58. The number of rotatable bonds is 8. The molecule has 8 nitrogen and oxygen atoms in total. The second-order valence-electron chi connectivity index (χ2n) is 10.0. The minimum atomic E-state index is -1.17. The first-order chi connectivity index (χ1) is 17.0. The fourth-order valence-corrected chi connectivity index (χ4v) is 4.94. The molecule has 4 heterocycles. The Hall–Kier alpha value is -3.14. The molecule has 0 bridgehead atoms. The highest BCUT2D eigenvalue weighted by atomic mass is 28.3. The highest BCUT2D eigenvalue weighted by Gasteiger charge is 2.19. The van der Waals surface area contributed by atoms with Gasteiger partial charge in [0.2, 0.25) is 0 Å². The predicted molar refractivity (Wildman–Crippen MR) is 141 cm³/mol. The number of hydrogen-bond donors (Lipinski definition) is 0. The van der Waals surface area contributed by atoms with Gasteiger partial charge in [-0.3, -0.25) is 4.98 Å². The van der Waals surface area contributed by atoms with Crippen LogP contribution in [0.25, 0.3) is 33.4 Å². The Morgan fingerprint density at radius 1 is 1.03 bits per heavy atom. The van der Waals surface area contributed by atoms with Crippen LogP contribution in [-0.2, 0) is 16.2 Å². The molecule has 0 N–H and O–H groups in total. The summed E-state index contributed by atoms with van der Waals surface area (Å²) in [5.41, 5.74) is 4.84. The van der Waals surface area contributed by atoms with E-state index in [1.165, 1.54) is 0 Å². The lowest BCUT2D eigenvalue weighted by Gasteiger charge is -2.27. The first kappa shape index (κ1) is 23.6. The minimum Gasteiger partial charge on any atom is -0.378 e. The highest BCUT2D eigenvalue weighted by Crippen LogP contribution is 2.32. The summed E-state index contributed by atoms with van der Waals surface area (Å²) >= 11 is 0. The van der Waals surface area contributed by atoms with Crippen molar-refractivity contribution in [2.75, 3.05) is 37.8 Å². The molecule has 182 valence electrons. The van der Waals surface area contributed by atoms with Gasteiger partial charge in [0.15, 0.2) is 0 Å². The number of aromatic nitrogens is 5. The van der Waals surface area contributed by atoms with E-state index < -0.39 is 8.07 Å². The molecule has 4 aromatic rings. The van der Waals surface area contributed by atoms with Crippen molar-refractivity contribution in [3.05, 3.63) is 55.1 Å². The summed E-state index contributed by atoms with van der Waals surface area (Å²) in [7, 11) is -1.17. The molecule has 0 spiro atoms. The second-order valence-corrected chi connectivity index (χ2v) is 15.7. The molecule has 1 saturated heterocycles. The maximum atomic E-state index is 6.10. The van der Waals surface area contributed by atoms with Crippen LogP contribution in [0.5, 0.6) is 0 Å². The van der Waals surface area contributed by atoms with Gasteiger partial charge < -0.3 is 14.4 Å². The average molecular weight is 489 g/mol. The Kier molecular flexibility index (Phi) is 6.89. The lowest BCUT2D eigenvalue weighted by Crippen LogP contribution is -2.36. The molecule has 0 aliphatic carbocycles. The molecule has 3 aromatic heterocycles. The molecule has 35 heavy (non-hydrogen) atoms. The van der Waals surface area contributed by atoms with Crippen molar-refractivity contribution in [1.29, 1.82) is 0 Å². The summed E-state index contributed by atoms with van der Waals surface area (Å²) in [6.07, 6.45) is 5.31. The number of hydrogen-bond acceptors (Lipinski definition) is 7. The van der Waals surface area contributed by atoms with Crippen molar-refractivity contribution in [1.82, 2.24) is 24.7 Å². The van der Waals surface area contributed by atoms with Crippen molar-refractivity contribution in [3.63, 3.8) is 0 Å². The molecule has 0 unspecified atom stereocenters. The Morgan fingerprint density at radius 3 is 2.66 bits per heavy atom. The topological polar surface area (TPSA) is 78.2 Å². The van der Waals surface area contributed by atoms with Crippen LogP contribution in [0.1, 0.15) is 0 Å². The van der Waals surface area contributed by atoms with Gasteiger partial charge in [-0.05, 0) is 29.8 Å². The van der Waals surface area contributed by atoms with Crippen LogP contribution in [0.3, 0.4) is 0 Å². The van der Waals surface area contributed by atoms with Crippen LogP contribution in [0.15, 0.2) is 55.1 Å². The molecule has 0 radical (unpaired) electrons. The molecule has 0 saturated carbocycles. The van der Waals surface area contributed by atoms with Crippen molar-refractivity contribution in [2.24, 2.45) is 0 Å². The van der Waals surface area contributed by atoms with Gasteiger partial charge in [-0.1, -0.05) is 31.8 Å². The van der Waals surface area contributed by atoms with E-state index in [-0.39, 0.29) is 0 Å². The number of morpholine rings is 1. The molecule has 1 aliphatic rings. The molecule has 1 aromatic carbocycles. The smallest absolute Gasteiger partial charge is 0.140 e. The van der Waals surface area contributed by atoms with E-state index in [2.05, 4.69) is 69.8 Å². The Bertz CT molecular complexity index is 1280. The molecule has 9 heteroatoms. The van der Waals surface area contributed by atoms with Crippen LogP contribution in [0.2, 0.25) is 25.7 Å². The zero-order valence-electron chi connectivity index (χ0n) is 20.6. The van der Waals surface area contributed by atoms with E-state index in [1.54, 1.807) is 12.5 Å². The maximum Gasteiger partial charge on any atom is 0.140 e. The lowest BCUT2D eigenvalue weighted by atomic mass is 10.0. The summed E-state index contributed by atoms with van der Waals surface area (Å²) in [5.74, 6) is 0.905. The molecule has 0 amide bonds. The van der Waals surface area contributed by atoms with Gasteiger partial charge in [-0.15, -0.1) is 0 Å². The third-order valence-corrected chi connectivity index (χ3v) is 7.88. The number of benzene rings is 1. The maximum absolute atomic E-state index is 6.10. The quantitative estimate of drug-likeness (QED) is 0.263. The Labute approximate surface area is 207 Å². The fourth-order valence-electron chi connectivity index (χ4n) is 4.18. The van der Waals surface area contributed by atoms with Crippen molar-refractivity contribution < 1.29 is 9.47 Å². The van der Waals surface area contributed by atoms with E-state index in [9.17, 15) is 0 Å². The number of pyridine rings is 1. The predicted octanol–water partition coefficient (Wildman–Crippen LogP) is 4.70. The summed E-state index contributed by atoms with van der Waals surface area (Å²) in [5, 5.41) is 5.93. The minimum absolute atomic E-state index is 0.383. The SMILES string of the molecule is C[Si](C)(C)CCOCn1nc2ccc(-c3cccnc3)cc2c1-c1cc(N2CCOCC2)ncn1. The van der Waals surface area contributed by atoms with Crippen LogP contribution in [0.4, 0.5) is 5.82 Å². The summed E-state index contributed by atoms with van der Waals surface area (Å²) in [4.78, 5) is 15.7. The van der Waals surface area contributed by atoms with Crippen molar-refractivity contribution in [3.8, 4) is 22.5 Å². The Morgan fingerprint density at radius 2 is 1.89 bits per heavy atom. The zero-order valence-corrected chi connectivity index (χ0v) is 21.6. The van der Waals surface area contributed by atoms with Crippen LogP contribution in [-0.4, -0.2) is 65.7 Å². The first-order valence-electron chi connectivity index (χ1n) is 12.1. The molecule has 1 fully saturated rings. The van der Waals surface area contributed by atoms with Gasteiger partial charge in [0.1, 0.15) is 18.9 Å².